The molecule has 3 N–H and O–H groups in total. The summed E-state index contributed by atoms with van der Waals surface area (Å²) in [6.07, 6.45) is 3.69. The predicted octanol–water partition coefficient (Wildman–Crippen LogP) is 5.04. The first-order chi connectivity index (χ1) is 17.4. The lowest BCUT2D eigenvalue weighted by molar-refractivity contribution is 0.241. The number of aliphatic imine (C=N–C) groups is 1. The molecule has 4 rings (SSSR count). The molecule has 1 aliphatic heterocycles. The van der Waals surface area contributed by atoms with Gasteiger partial charge in [-0.1, -0.05) is 36.9 Å². The van der Waals surface area contributed by atoms with E-state index in [4.69, 9.17) is 9.73 Å². The Labute approximate surface area is 220 Å². The Bertz CT molecular complexity index is 1260. The van der Waals surface area contributed by atoms with Crippen LogP contribution in [0.25, 0.3) is 0 Å². The number of hydrogen-bond donors (Lipinski definition) is 3. The van der Waals surface area contributed by atoms with Crippen LogP contribution in [0.1, 0.15) is 29.5 Å². The molecule has 2 aromatic carbocycles. The maximum absolute atomic E-state index is 12.8. The number of likely N-dealkylation sites (tertiary alicyclic amines) is 1. The normalized spacial score (nSPS) is 14.9. The summed E-state index contributed by atoms with van der Waals surface area (Å²) in [4.78, 5) is 22.7. The molecule has 8 heteroatoms. The Morgan fingerprint density at radius 3 is 2.56 bits per heavy atom. The fourth-order valence-electron chi connectivity index (χ4n) is 4.10. The van der Waals surface area contributed by atoms with Crippen LogP contribution in [0, 0.1) is 6.92 Å². The first kappa shape index (κ1) is 25.7. The molecule has 0 saturated carbocycles. The molecule has 7 nitrogen and oxygen atoms in total. The number of nitrogens with one attached hydrogen (secondary N) is 3. The van der Waals surface area contributed by atoms with Gasteiger partial charge in [-0.2, -0.15) is 0 Å². The van der Waals surface area contributed by atoms with E-state index in [0.29, 0.717) is 29.9 Å². The minimum atomic E-state index is -0.225. The maximum atomic E-state index is 12.8. The zero-order valence-corrected chi connectivity index (χ0v) is 22.3. The largest absolute Gasteiger partial charge is 0.489 e. The molecular weight excluding hydrogens is 518 g/mol. The Kier molecular flexibility index (Phi) is 8.61. The van der Waals surface area contributed by atoms with E-state index in [-0.39, 0.29) is 5.56 Å². The van der Waals surface area contributed by atoms with Gasteiger partial charge in [0.1, 0.15) is 24.0 Å². The van der Waals surface area contributed by atoms with E-state index < -0.39 is 0 Å². The molecule has 1 saturated heterocycles. The van der Waals surface area contributed by atoms with Crippen LogP contribution in [0.4, 0.5) is 5.69 Å². The highest BCUT2D eigenvalue weighted by molar-refractivity contribution is 9.10. The number of ether oxygens (including phenoxy) is 1. The summed E-state index contributed by atoms with van der Waals surface area (Å²) in [5.74, 6) is 1.71. The van der Waals surface area contributed by atoms with Crippen molar-refractivity contribution in [1.82, 2.24) is 15.2 Å². The Morgan fingerprint density at radius 1 is 1.17 bits per heavy atom. The summed E-state index contributed by atoms with van der Waals surface area (Å²) in [7, 11) is 2.13. The van der Waals surface area contributed by atoms with Crippen LogP contribution in [0.2, 0.25) is 0 Å². The second-order valence-electron chi connectivity index (χ2n) is 9.02. The topological polar surface area (TPSA) is 81.8 Å². The average Bonchev–Trinajstić information content (AvgIpc) is 2.88. The van der Waals surface area contributed by atoms with Gasteiger partial charge < -0.3 is 25.3 Å². The molecule has 1 aliphatic rings. The van der Waals surface area contributed by atoms with Gasteiger partial charge in [-0.3, -0.25) is 4.79 Å². The number of benzene rings is 2. The van der Waals surface area contributed by atoms with E-state index in [9.17, 15) is 4.79 Å². The predicted molar refractivity (Wildman–Crippen MR) is 150 cm³/mol. The molecule has 3 aromatic rings. The van der Waals surface area contributed by atoms with Crippen molar-refractivity contribution < 1.29 is 4.74 Å². The first-order valence-electron chi connectivity index (χ1n) is 12.0. The number of nitrogens with zero attached hydrogens (tertiary/aromatic N) is 2. The van der Waals surface area contributed by atoms with Crippen LogP contribution >= 0.6 is 15.9 Å². The lowest BCUT2D eigenvalue weighted by Crippen LogP contribution is -2.40. The number of pyridine rings is 1. The summed E-state index contributed by atoms with van der Waals surface area (Å²) in [5, 5.41) is 6.75. The van der Waals surface area contributed by atoms with E-state index in [1.54, 1.807) is 6.20 Å². The molecule has 188 valence electrons. The summed E-state index contributed by atoms with van der Waals surface area (Å²) in [5.41, 5.74) is 2.91. The Balaban J connectivity index is 1.53. The van der Waals surface area contributed by atoms with Gasteiger partial charge in [0.15, 0.2) is 0 Å². The van der Waals surface area contributed by atoms with Gasteiger partial charge in [-0.05, 0) is 91.2 Å². The Morgan fingerprint density at radius 2 is 1.86 bits per heavy atom. The zero-order valence-electron chi connectivity index (χ0n) is 20.7. The highest BCUT2D eigenvalue weighted by atomic mass is 79.9. The molecule has 36 heavy (non-hydrogen) atoms. The third kappa shape index (κ3) is 6.86. The molecule has 0 radical (unpaired) electrons. The number of rotatable bonds is 8. The van der Waals surface area contributed by atoms with Crippen LogP contribution in [-0.2, 0) is 6.61 Å². The average molecular weight is 551 g/mol. The van der Waals surface area contributed by atoms with Crippen molar-refractivity contribution in [1.29, 1.82) is 0 Å². The van der Waals surface area contributed by atoms with E-state index in [2.05, 4.69) is 50.1 Å². The van der Waals surface area contributed by atoms with Crippen molar-refractivity contribution in [3.8, 4) is 5.75 Å². The molecule has 0 spiro atoms. The Hall–Kier alpha value is -3.36. The number of hydrogen-bond acceptors (Lipinski definition) is 5. The lowest BCUT2D eigenvalue weighted by Gasteiger charge is -2.30. The van der Waals surface area contributed by atoms with Crippen molar-refractivity contribution in [2.45, 2.75) is 32.4 Å². The number of aromatic amines is 1. The highest BCUT2D eigenvalue weighted by Gasteiger charge is 2.19. The number of anilines is 1. The van der Waals surface area contributed by atoms with Crippen LogP contribution in [0.15, 0.2) is 87.5 Å². The van der Waals surface area contributed by atoms with Gasteiger partial charge in [-0.15, -0.1) is 0 Å². The molecule has 0 amide bonds. The number of amidine groups is 1. The van der Waals surface area contributed by atoms with E-state index >= 15 is 0 Å². The molecule has 1 aromatic heterocycles. The minimum Gasteiger partial charge on any atom is -0.489 e. The van der Waals surface area contributed by atoms with Gasteiger partial charge in [0, 0.05) is 22.4 Å². The highest BCUT2D eigenvalue weighted by Crippen LogP contribution is 2.21. The van der Waals surface area contributed by atoms with Crippen LogP contribution in [-0.4, -0.2) is 41.9 Å². The van der Waals surface area contributed by atoms with Gasteiger partial charge in [0.25, 0.3) is 5.56 Å². The van der Waals surface area contributed by atoms with E-state index in [1.807, 2.05) is 61.5 Å². The third-order valence-electron chi connectivity index (χ3n) is 6.23. The van der Waals surface area contributed by atoms with Crippen molar-refractivity contribution >= 4 is 27.5 Å². The molecule has 2 heterocycles. The van der Waals surface area contributed by atoms with Gasteiger partial charge in [0.2, 0.25) is 0 Å². The number of H-pyrrole nitrogens is 1. The van der Waals surface area contributed by atoms with Crippen molar-refractivity contribution in [2.24, 2.45) is 4.99 Å². The number of aromatic nitrogens is 1. The molecule has 0 unspecified atom stereocenters. The van der Waals surface area contributed by atoms with Crippen LogP contribution < -0.4 is 20.9 Å². The van der Waals surface area contributed by atoms with Crippen molar-refractivity contribution in [3.63, 3.8) is 0 Å². The second-order valence-corrected chi connectivity index (χ2v) is 9.87. The van der Waals surface area contributed by atoms with Crippen molar-refractivity contribution in [3.05, 3.63) is 105 Å². The second kappa shape index (κ2) is 12.1. The fraction of sp³-hybridized carbons (Fsp3) is 0.286. The standard InChI is InChI=1S/C28H32BrN5O2/c1-19-25(29)17-30-28(35)26(19)27(32-20(2)31-23-13-15-34(3)16-14-23)33-22-9-11-24(12-10-22)36-18-21-7-5-4-6-8-21/h4-12,17,23,31H,2,13-16,18H2,1,3H3,(H,30,35)(H,32,33). The molecule has 1 fully saturated rings. The SMILES string of the molecule is C=C(/N=C(/Nc1ccc(OCc2ccccc2)cc1)c1c(C)c(Br)c[nH]c1=O)NC1CCN(C)CC1. The zero-order chi connectivity index (χ0) is 25.5. The summed E-state index contributed by atoms with van der Waals surface area (Å²) >= 11 is 3.52. The number of piperidine rings is 1. The monoisotopic (exact) mass is 549 g/mol. The van der Waals surface area contributed by atoms with E-state index in [1.165, 1.54) is 0 Å². The molecule has 0 bridgehead atoms. The van der Waals surface area contributed by atoms with Crippen LogP contribution in [0.5, 0.6) is 5.75 Å². The van der Waals surface area contributed by atoms with Gasteiger partial charge >= 0.3 is 0 Å². The van der Waals surface area contributed by atoms with Crippen molar-refractivity contribution in [2.75, 3.05) is 25.5 Å². The first-order valence-corrected chi connectivity index (χ1v) is 12.8. The smallest absolute Gasteiger partial charge is 0.259 e. The number of halogens is 1. The third-order valence-corrected chi connectivity index (χ3v) is 7.05. The quantitative estimate of drug-likeness (QED) is 0.271. The summed E-state index contributed by atoms with van der Waals surface area (Å²) in [6, 6.07) is 17.9. The maximum Gasteiger partial charge on any atom is 0.259 e. The van der Waals surface area contributed by atoms with E-state index in [0.717, 1.165) is 53.0 Å². The molecule has 0 atom stereocenters. The molecular formula is C28H32BrN5O2. The van der Waals surface area contributed by atoms with Gasteiger partial charge in [0.05, 0.1) is 5.56 Å². The lowest BCUT2D eigenvalue weighted by atomic mass is 10.1. The minimum absolute atomic E-state index is 0.225. The summed E-state index contributed by atoms with van der Waals surface area (Å²) in [6.45, 7) is 8.57. The van der Waals surface area contributed by atoms with Crippen LogP contribution in [0.3, 0.4) is 0 Å². The van der Waals surface area contributed by atoms with Gasteiger partial charge in [-0.25, -0.2) is 4.99 Å². The summed E-state index contributed by atoms with van der Waals surface area (Å²) < 4.78 is 6.70. The fourth-order valence-corrected chi connectivity index (χ4v) is 4.41. The molecule has 0 aliphatic carbocycles.